The fourth-order valence-corrected chi connectivity index (χ4v) is 3.98. The van der Waals surface area contributed by atoms with Gasteiger partial charge in [0.15, 0.2) is 11.5 Å². The molecule has 0 saturated heterocycles. The Bertz CT molecular complexity index is 1010. The highest BCUT2D eigenvalue weighted by atomic mass is 32.1. The third kappa shape index (κ3) is 4.56. The van der Waals surface area contributed by atoms with Gasteiger partial charge in [0.2, 0.25) is 4.80 Å². The van der Waals surface area contributed by atoms with E-state index in [0.717, 1.165) is 20.9 Å². The molecule has 0 fully saturated rings. The van der Waals surface area contributed by atoms with Crippen molar-refractivity contribution in [2.45, 2.75) is 13.8 Å². The summed E-state index contributed by atoms with van der Waals surface area (Å²) in [7, 11) is 0. The molecule has 0 atom stereocenters. The summed E-state index contributed by atoms with van der Waals surface area (Å²) < 4.78 is 7.24. The molecule has 0 spiro atoms. The second-order valence-corrected chi connectivity index (χ2v) is 7.62. The van der Waals surface area contributed by atoms with Crippen LogP contribution in [0, 0.1) is 0 Å². The molecule has 3 aromatic rings. The Kier molecular flexibility index (Phi) is 6.26. The highest BCUT2D eigenvalue weighted by Crippen LogP contribution is 2.29. The Morgan fingerprint density at radius 3 is 2.85 bits per heavy atom. The molecule has 1 aromatic carbocycles. The third-order valence-corrected chi connectivity index (χ3v) is 5.33. The molecule has 0 aliphatic carbocycles. The van der Waals surface area contributed by atoms with E-state index in [2.05, 4.69) is 22.7 Å². The zero-order valence-corrected chi connectivity index (χ0v) is 16.9. The van der Waals surface area contributed by atoms with Crippen molar-refractivity contribution < 1.29 is 9.84 Å². The summed E-state index contributed by atoms with van der Waals surface area (Å²) in [5, 5.41) is 19.1. The number of phenols is 1. The number of rotatable bonds is 7. The normalized spacial score (nSPS) is 12.0. The van der Waals surface area contributed by atoms with Crippen LogP contribution in [0.2, 0.25) is 0 Å². The van der Waals surface area contributed by atoms with Crippen LogP contribution < -0.4 is 9.54 Å². The van der Waals surface area contributed by atoms with Gasteiger partial charge in [-0.3, -0.25) is 4.99 Å². The fourth-order valence-electron chi connectivity index (χ4n) is 2.35. The topological polar surface area (TPSA) is 59.1 Å². The van der Waals surface area contributed by atoms with Crippen molar-refractivity contribution in [2.24, 2.45) is 10.1 Å². The van der Waals surface area contributed by atoms with E-state index in [4.69, 9.17) is 4.74 Å². The summed E-state index contributed by atoms with van der Waals surface area (Å²) in [4.78, 5) is 6.48. The van der Waals surface area contributed by atoms with Crippen molar-refractivity contribution in [3.8, 4) is 22.1 Å². The number of para-hydroxylation sites is 1. The molecule has 2 aromatic heterocycles. The Labute approximate surface area is 166 Å². The quantitative estimate of drug-likeness (QED) is 0.461. The lowest BCUT2D eigenvalue weighted by atomic mass is 10.2. The Balaban J connectivity index is 2.04. The first kappa shape index (κ1) is 19.1. The predicted octanol–water partition coefficient (Wildman–Crippen LogP) is 4.74. The maximum absolute atomic E-state index is 10.4. The highest BCUT2D eigenvalue weighted by molar-refractivity contribution is 7.14. The van der Waals surface area contributed by atoms with Crippen LogP contribution in [0.15, 0.2) is 63.3 Å². The Morgan fingerprint density at radius 1 is 1.30 bits per heavy atom. The first-order valence-electron chi connectivity index (χ1n) is 8.48. The van der Waals surface area contributed by atoms with E-state index < -0.39 is 0 Å². The third-order valence-electron chi connectivity index (χ3n) is 3.59. The summed E-state index contributed by atoms with van der Waals surface area (Å²) in [6.45, 7) is 8.77. The number of thiophene rings is 1. The number of aromatic hydroxyl groups is 1. The number of phenolic OH excluding ortho intramolecular Hbond substituents is 1. The van der Waals surface area contributed by atoms with Crippen LogP contribution in [0.1, 0.15) is 19.4 Å². The van der Waals surface area contributed by atoms with Crippen LogP contribution in [0.4, 0.5) is 0 Å². The monoisotopic (exact) mass is 399 g/mol. The average Bonchev–Trinajstić information content (AvgIpc) is 3.30. The average molecular weight is 400 g/mol. The number of benzene rings is 1. The largest absolute Gasteiger partial charge is 0.504 e. The summed E-state index contributed by atoms with van der Waals surface area (Å²) in [6, 6.07) is 9.42. The second kappa shape index (κ2) is 8.83. The van der Waals surface area contributed by atoms with Crippen LogP contribution in [-0.2, 0) is 0 Å². The van der Waals surface area contributed by atoms with Gasteiger partial charge in [-0.2, -0.15) is 5.10 Å². The van der Waals surface area contributed by atoms with Crippen molar-refractivity contribution in [3.05, 3.63) is 63.6 Å². The summed E-state index contributed by atoms with van der Waals surface area (Å²) >= 11 is 3.17. The van der Waals surface area contributed by atoms with Gasteiger partial charge in [-0.25, -0.2) is 4.68 Å². The van der Waals surface area contributed by atoms with Gasteiger partial charge in [-0.1, -0.05) is 24.3 Å². The maximum atomic E-state index is 10.4. The van der Waals surface area contributed by atoms with Gasteiger partial charge in [-0.15, -0.1) is 22.7 Å². The Hall–Kier alpha value is -2.64. The molecule has 0 saturated carbocycles. The van der Waals surface area contributed by atoms with Crippen molar-refractivity contribution in [3.63, 3.8) is 0 Å². The fraction of sp³-hybridized carbons (Fsp3) is 0.200. The SMILES string of the molecule is C=C(C)CN=c1scc(-c2cccs2)n1N=Cc1cccc(OCC)c1O. The number of hydrogen-bond donors (Lipinski definition) is 1. The molecule has 0 amide bonds. The van der Waals surface area contributed by atoms with Gasteiger partial charge in [0.25, 0.3) is 0 Å². The minimum absolute atomic E-state index is 0.0806. The molecule has 0 bridgehead atoms. The first-order chi connectivity index (χ1) is 13.1. The molecule has 140 valence electrons. The minimum Gasteiger partial charge on any atom is -0.504 e. The summed E-state index contributed by atoms with van der Waals surface area (Å²) in [6.07, 6.45) is 1.63. The molecule has 3 rings (SSSR count). The molecule has 5 nitrogen and oxygen atoms in total. The number of thiazole rings is 1. The van der Waals surface area contributed by atoms with Crippen molar-refractivity contribution in [1.82, 2.24) is 4.68 Å². The van der Waals surface area contributed by atoms with E-state index in [1.807, 2.05) is 36.7 Å². The highest BCUT2D eigenvalue weighted by Gasteiger charge is 2.10. The van der Waals surface area contributed by atoms with Gasteiger partial charge < -0.3 is 9.84 Å². The van der Waals surface area contributed by atoms with Gasteiger partial charge in [0, 0.05) is 10.9 Å². The lowest BCUT2D eigenvalue weighted by molar-refractivity contribution is 0.318. The van der Waals surface area contributed by atoms with Crippen molar-refractivity contribution >= 4 is 28.9 Å². The smallest absolute Gasteiger partial charge is 0.206 e. The van der Waals surface area contributed by atoms with Gasteiger partial charge in [0.1, 0.15) is 0 Å². The molecule has 0 aliphatic rings. The first-order valence-corrected chi connectivity index (χ1v) is 10.2. The van der Waals surface area contributed by atoms with Crippen LogP contribution in [0.5, 0.6) is 11.5 Å². The van der Waals surface area contributed by atoms with Crippen LogP contribution in [-0.4, -0.2) is 29.1 Å². The molecular formula is C20H21N3O2S2. The predicted molar refractivity (Wildman–Crippen MR) is 113 cm³/mol. The Morgan fingerprint density at radius 2 is 2.15 bits per heavy atom. The van der Waals surface area contributed by atoms with Crippen molar-refractivity contribution in [1.29, 1.82) is 0 Å². The molecule has 1 N–H and O–H groups in total. The molecule has 0 aliphatic heterocycles. The van der Waals surface area contributed by atoms with Crippen molar-refractivity contribution in [2.75, 3.05) is 13.2 Å². The lowest BCUT2D eigenvalue weighted by Gasteiger charge is -2.07. The molecule has 0 unspecified atom stereocenters. The zero-order chi connectivity index (χ0) is 19.2. The molecule has 0 radical (unpaired) electrons. The van der Waals surface area contributed by atoms with Crippen LogP contribution in [0.25, 0.3) is 10.6 Å². The van der Waals surface area contributed by atoms with E-state index in [1.165, 1.54) is 11.3 Å². The number of nitrogens with zero attached hydrogens (tertiary/aromatic N) is 3. The summed E-state index contributed by atoms with van der Waals surface area (Å²) in [5.74, 6) is 0.527. The van der Waals surface area contributed by atoms with E-state index in [1.54, 1.807) is 34.4 Å². The molecular weight excluding hydrogens is 378 g/mol. The van der Waals surface area contributed by atoms with Crippen LogP contribution >= 0.6 is 22.7 Å². The van der Waals surface area contributed by atoms with E-state index in [0.29, 0.717) is 24.5 Å². The maximum Gasteiger partial charge on any atom is 0.206 e. The number of ether oxygens (including phenoxy) is 1. The van der Waals surface area contributed by atoms with E-state index in [9.17, 15) is 5.11 Å². The zero-order valence-electron chi connectivity index (χ0n) is 15.3. The molecule has 27 heavy (non-hydrogen) atoms. The van der Waals surface area contributed by atoms with E-state index >= 15 is 0 Å². The lowest BCUT2D eigenvalue weighted by Crippen LogP contribution is -2.12. The van der Waals surface area contributed by atoms with E-state index in [-0.39, 0.29) is 5.75 Å². The summed E-state index contributed by atoms with van der Waals surface area (Å²) in [5.41, 5.74) is 2.54. The standard InChI is InChI=1S/C20H21N3O2S2/c1-4-25-17-8-5-7-15(19(17)24)12-22-23-16(18-9-6-10-26-18)13-27-20(23)21-11-14(2)3/h5-10,12-13,24H,2,4,11H2,1,3H3. The molecule has 7 heteroatoms. The van der Waals surface area contributed by atoms with Gasteiger partial charge >= 0.3 is 0 Å². The number of aromatic nitrogens is 1. The van der Waals surface area contributed by atoms with Gasteiger partial charge in [0.05, 0.1) is 29.9 Å². The minimum atomic E-state index is 0.0806. The second-order valence-electron chi connectivity index (χ2n) is 5.84. The molecule has 2 heterocycles. The van der Waals surface area contributed by atoms with Gasteiger partial charge in [-0.05, 0) is 37.4 Å². The number of hydrogen-bond acceptors (Lipinski definition) is 6. The van der Waals surface area contributed by atoms with Crippen LogP contribution in [0.3, 0.4) is 0 Å².